The van der Waals surface area contributed by atoms with Crippen molar-refractivity contribution < 1.29 is 37.5 Å². The molecular formula is C14H25F2N2O6P. The molecule has 0 aromatic heterocycles. The van der Waals surface area contributed by atoms with Gasteiger partial charge in [-0.15, -0.1) is 0 Å². The van der Waals surface area contributed by atoms with Crippen molar-refractivity contribution in [2.75, 3.05) is 20.8 Å². The molecule has 0 bridgehead atoms. The lowest BCUT2D eigenvalue weighted by Gasteiger charge is -2.31. The molecule has 8 nitrogen and oxygen atoms in total. The van der Waals surface area contributed by atoms with E-state index in [4.69, 9.17) is 5.11 Å². The van der Waals surface area contributed by atoms with Crippen LogP contribution in [0.2, 0.25) is 0 Å². The lowest BCUT2D eigenvalue weighted by molar-refractivity contribution is -0.142. The van der Waals surface area contributed by atoms with Crippen LogP contribution in [-0.2, 0) is 23.6 Å². The highest BCUT2D eigenvalue weighted by Gasteiger charge is 2.52. The van der Waals surface area contributed by atoms with Gasteiger partial charge in [0.25, 0.3) is 7.44 Å². The average Bonchev–Trinajstić information content (AvgIpc) is 2.57. The molecule has 0 rings (SSSR count). The summed E-state index contributed by atoms with van der Waals surface area (Å²) in [6.07, 6.45) is 0.0556. The Bertz CT molecular complexity index is 527. The summed E-state index contributed by atoms with van der Waals surface area (Å²) >= 11 is 0. The molecular weight excluding hydrogens is 361 g/mol. The van der Waals surface area contributed by atoms with Crippen LogP contribution >= 0.6 is 7.44 Å². The summed E-state index contributed by atoms with van der Waals surface area (Å²) < 4.78 is 51.0. The zero-order valence-electron chi connectivity index (χ0n) is 14.8. The maximum atomic E-state index is 14.6. The largest absolute Gasteiger partial charge is 0.468 e. The number of methoxy groups -OCH3 is 2. The Labute approximate surface area is 145 Å². The van der Waals surface area contributed by atoms with E-state index < -0.39 is 50.2 Å². The zero-order chi connectivity index (χ0) is 19.8. The molecule has 0 heterocycles. The topological polar surface area (TPSA) is 114 Å². The normalized spacial score (nSPS) is 15.4. The Morgan fingerprint density at radius 2 is 1.56 bits per heavy atom. The van der Waals surface area contributed by atoms with Crippen molar-refractivity contribution in [3.8, 4) is 0 Å². The average molecular weight is 386 g/mol. The van der Waals surface area contributed by atoms with Gasteiger partial charge in [-0.1, -0.05) is 11.6 Å². The minimum Gasteiger partial charge on any atom is -0.468 e. The Kier molecular flexibility index (Phi) is 9.42. The number of allylic oxidation sites excluding steroid dienone is 1. The summed E-state index contributed by atoms with van der Waals surface area (Å²) in [6.45, 7) is 3.40. The van der Waals surface area contributed by atoms with E-state index in [-0.39, 0.29) is 5.57 Å². The van der Waals surface area contributed by atoms with E-state index in [1.165, 1.54) is 20.8 Å². The van der Waals surface area contributed by atoms with Crippen LogP contribution in [0.15, 0.2) is 11.6 Å². The lowest BCUT2D eigenvalue weighted by atomic mass is 10.2. The zero-order valence-corrected chi connectivity index (χ0v) is 15.7. The molecule has 0 saturated heterocycles. The molecule has 3 N–H and O–H groups in total. The number of aliphatic hydroxyl groups is 1. The molecule has 0 aliphatic heterocycles. The van der Waals surface area contributed by atoms with E-state index in [0.29, 0.717) is 0 Å². The Hall–Kier alpha value is -1.35. The minimum atomic E-state index is -4.80. The first kappa shape index (κ1) is 23.6. The van der Waals surface area contributed by atoms with Crippen molar-refractivity contribution in [1.82, 2.24) is 10.2 Å². The van der Waals surface area contributed by atoms with Gasteiger partial charge in [-0.2, -0.15) is 8.78 Å². The van der Waals surface area contributed by atoms with Crippen LogP contribution in [0.1, 0.15) is 27.2 Å². The number of nitrogens with one attached hydrogen (secondary N) is 2. The fourth-order valence-corrected chi connectivity index (χ4v) is 3.82. The van der Waals surface area contributed by atoms with E-state index in [9.17, 15) is 22.9 Å². The molecule has 2 atom stereocenters. The number of esters is 2. The first-order valence-corrected chi connectivity index (χ1v) is 9.10. The number of carbonyl (C=O) groups is 2. The van der Waals surface area contributed by atoms with Crippen LogP contribution in [-0.4, -0.2) is 55.6 Å². The summed E-state index contributed by atoms with van der Waals surface area (Å²) in [7, 11) is -2.68. The van der Waals surface area contributed by atoms with Gasteiger partial charge in [0.1, 0.15) is 12.1 Å². The fraction of sp³-hybridized carbons (Fsp3) is 0.714. The highest BCUT2D eigenvalue weighted by molar-refractivity contribution is 7.61. The summed E-state index contributed by atoms with van der Waals surface area (Å²) in [6, 6.07) is -2.64. The van der Waals surface area contributed by atoms with Crippen molar-refractivity contribution in [2.45, 2.75) is 44.9 Å². The van der Waals surface area contributed by atoms with Crippen LogP contribution in [0, 0.1) is 0 Å². The van der Waals surface area contributed by atoms with Crippen molar-refractivity contribution >= 4 is 19.4 Å². The Balaban J connectivity index is 5.67. The molecule has 0 aliphatic rings. The molecule has 0 aliphatic carbocycles. The summed E-state index contributed by atoms with van der Waals surface area (Å²) in [5, 5.41) is 13.0. The van der Waals surface area contributed by atoms with Crippen LogP contribution in [0.5, 0.6) is 0 Å². The van der Waals surface area contributed by atoms with E-state index >= 15 is 0 Å². The van der Waals surface area contributed by atoms with Crippen LogP contribution in [0.3, 0.4) is 0 Å². The van der Waals surface area contributed by atoms with Crippen LogP contribution in [0.25, 0.3) is 0 Å². The van der Waals surface area contributed by atoms with Crippen LogP contribution < -0.4 is 10.2 Å². The van der Waals surface area contributed by atoms with Gasteiger partial charge in [-0.25, -0.2) is 10.2 Å². The third kappa shape index (κ3) is 6.81. The second kappa shape index (κ2) is 9.96. The molecule has 0 spiro atoms. The fourth-order valence-electron chi connectivity index (χ4n) is 1.72. The van der Waals surface area contributed by atoms with Crippen molar-refractivity contribution in [3.63, 3.8) is 0 Å². The van der Waals surface area contributed by atoms with Crippen LogP contribution in [0.4, 0.5) is 8.78 Å². The third-order valence-electron chi connectivity index (χ3n) is 3.27. The smallest absolute Gasteiger partial charge is 0.327 e. The van der Waals surface area contributed by atoms with Crippen molar-refractivity contribution in [2.24, 2.45) is 0 Å². The second-order valence-corrected chi connectivity index (χ2v) is 7.82. The molecule has 11 heteroatoms. The van der Waals surface area contributed by atoms with Crippen molar-refractivity contribution in [3.05, 3.63) is 11.6 Å². The summed E-state index contributed by atoms with van der Waals surface area (Å²) in [5.74, 6) is -1.80. The SMILES string of the molecule is COC(=O)[C@H](C)NP(=O)(N[C@@H](C)C(=O)OC)C(F)(F)C/C=C(\C)CO. The molecule has 0 aromatic rings. The predicted molar refractivity (Wildman–Crippen MR) is 87.2 cm³/mol. The maximum absolute atomic E-state index is 14.6. The molecule has 0 amide bonds. The summed E-state index contributed by atoms with van der Waals surface area (Å²) in [4.78, 5) is 23.0. The summed E-state index contributed by atoms with van der Waals surface area (Å²) in [5.41, 5.74) is -3.60. The highest BCUT2D eigenvalue weighted by atomic mass is 31.2. The number of hydrogen-bond donors (Lipinski definition) is 3. The maximum Gasteiger partial charge on any atom is 0.327 e. The van der Waals surface area contributed by atoms with Gasteiger partial charge in [0.2, 0.25) is 0 Å². The Morgan fingerprint density at radius 1 is 1.16 bits per heavy atom. The molecule has 0 unspecified atom stereocenters. The number of rotatable bonds is 10. The number of alkyl halides is 2. The first-order chi connectivity index (χ1) is 11.4. The standard InChI is InChI=1S/C14H25F2N2O6P/c1-9(8-19)6-7-14(15,16)25(22,17-10(2)12(20)23-4)18-11(3)13(21)24-5/h6,10-11,19H,7-8H2,1-5H3,(H2,17,18,22)/b9-6+/t10-,11-/m0/s1. The van der Waals surface area contributed by atoms with E-state index in [0.717, 1.165) is 20.3 Å². The quantitative estimate of drug-likeness (QED) is 0.293. The van der Waals surface area contributed by atoms with Gasteiger partial charge in [-0.05, 0) is 20.8 Å². The number of halogens is 2. The third-order valence-corrected chi connectivity index (χ3v) is 5.87. The first-order valence-electron chi connectivity index (χ1n) is 7.39. The number of carbonyl (C=O) groups excluding carboxylic acids is 2. The number of aliphatic hydroxyl groups excluding tert-OH is 1. The number of ether oxygens (including phenoxy) is 2. The minimum absolute atomic E-state index is 0.258. The van der Waals surface area contributed by atoms with Gasteiger partial charge in [0, 0.05) is 6.42 Å². The van der Waals surface area contributed by atoms with E-state index in [1.54, 1.807) is 0 Å². The molecule has 0 fully saturated rings. The van der Waals surface area contributed by atoms with E-state index in [1.807, 2.05) is 0 Å². The molecule has 25 heavy (non-hydrogen) atoms. The van der Waals surface area contributed by atoms with Gasteiger partial charge < -0.3 is 14.6 Å². The number of hydrogen-bond acceptors (Lipinski definition) is 6. The molecule has 0 radical (unpaired) electrons. The van der Waals surface area contributed by atoms with Gasteiger partial charge >= 0.3 is 17.6 Å². The molecule has 0 aromatic carbocycles. The monoisotopic (exact) mass is 386 g/mol. The molecule has 146 valence electrons. The predicted octanol–water partition coefficient (Wildman–Crippen LogP) is 1.40. The highest BCUT2D eigenvalue weighted by Crippen LogP contribution is 2.56. The van der Waals surface area contributed by atoms with Crippen molar-refractivity contribution in [1.29, 1.82) is 0 Å². The van der Waals surface area contributed by atoms with Gasteiger partial charge in [-0.3, -0.25) is 14.2 Å². The lowest BCUT2D eigenvalue weighted by Crippen LogP contribution is -2.46. The molecule has 0 saturated carbocycles. The Morgan fingerprint density at radius 3 is 1.88 bits per heavy atom. The van der Waals surface area contributed by atoms with E-state index in [2.05, 4.69) is 19.6 Å². The second-order valence-electron chi connectivity index (χ2n) is 5.44. The van der Waals surface area contributed by atoms with Gasteiger partial charge in [0.15, 0.2) is 0 Å². The van der Waals surface area contributed by atoms with Gasteiger partial charge in [0.05, 0.1) is 20.8 Å².